The Labute approximate surface area is 70.2 Å². The molecule has 0 aliphatic carbocycles. The van der Waals surface area contributed by atoms with Gasteiger partial charge in [0.25, 0.3) is 0 Å². The van der Waals surface area contributed by atoms with Gasteiger partial charge in [-0.1, -0.05) is 6.92 Å². The fourth-order valence-corrected chi connectivity index (χ4v) is 1.67. The Kier molecular flexibility index (Phi) is 2.42. The van der Waals surface area contributed by atoms with Crippen molar-refractivity contribution in [1.29, 1.82) is 0 Å². The molecule has 66 valence electrons. The quantitative estimate of drug-likeness (QED) is 0.652. The van der Waals surface area contributed by atoms with E-state index >= 15 is 0 Å². The van der Waals surface area contributed by atoms with Crippen LogP contribution in [0, 0.1) is 5.95 Å². The van der Waals surface area contributed by atoms with Crippen molar-refractivity contribution < 1.29 is 12.8 Å². The maximum absolute atomic E-state index is 12.8. The molecular weight excluding hydrogens is 181 g/mol. The van der Waals surface area contributed by atoms with Crippen molar-refractivity contribution in [2.75, 3.05) is 5.75 Å². The van der Waals surface area contributed by atoms with E-state index in [0.717, 1.165) is 0 Å². The summed E-state index contributed by atoms with van der Waals surface area (Å²) in [5.41, 5.74) is 0. The van der Waals surface area contributed by atoms with E-state index in [1.807, 2.05) is 0 Å². The van der Waals surface area contributed by atoms with Gasteiger partial charge in [0.1, 0.15) is 4.90 Å². The van der Waals surface area contributed by atoms with E-state index in [1.165, 1.54) is 25.3 Å². The summed E-state index contributed by atoms with van der Waals surface area (Å²) in [6.07, 6.45) is 1.21. The molecule has 0 aromatic carbocycles. The van der Waals surface area contributed by atoms with E-state index < -0.39 is 15.8 Å². The standard InChI is InChI=1S/C7H8FNO2S/c1-2-12(10,11)6-4-3-5-9-7(6)8/h3-5H,2H2,1H3. The first-order valence-corrected chi connectivity index (χ1v) is 5.06. The molecule has 0 radical (unpaired) electrons. The van der Waals surface area contributed by atoms with Gasteiger partial charge in [-0.2, -0.15) is 4.39 Å². The van der Waals surface area contributed by atoms with E-state index in [0.29, 0.717) is 0 Å². The normalized spacial score (nSPS) is 11.5. The Morgan fingerprint density at radius 1 is 1.58 bits per heavy atom. The summed E-state index contributed by atoms with van der Waals surface area (Å²) >= 11 is 0. The molecule has 1 rings (SSSR count). The Morgan fingerprint density at radius 3 is 2.75 bits per heavy atom. The smallest absolute Gasteiger partial charge is 0.227 e. The lowest BCUT2D eigenvalue weighted by atomic mass is 10.5. The van der Waals surface area contributed by atoms with Crippen LogP contribution in [0.15, 0.2) is 23.2 Å². The number of hydrogen-bond acceptors (Lipinski definition) is 3. The van der Waals surface area contributed by atoms with Crippen LogP contribution in [0.1, 0.15) is 6.92 Å². The van der Waals surface area contributed by atoms with Crippen LogP contribution in [0.4, 0.5) is 4.39 Å². The summed E-state index contributed by atoms with van der Waals surface area (Å²) < 4.78 is 35.1. The van der Waals surface area contributed by atoms with Crippen molar-refractivity contribution in [3.8, 4) is 0 Å². The molecule has 12 heavy (non-hydrogen) atoms. The van der Waals surface area contributed by atoms with Crippen molar-refractivity contribution in [2.24, 2.45) is 0 Å². The number of pyridine rings is 1. The summed E-state index contributed by atoms with van der Waals surface area (Å²) in [4.78, 5) is 2.92. The van der Waals surface area contributed by atoms with Crippen LogP contribution >= 0.6 is 0 Å². The van der Waals surface area contributed by atoms with Crippen molar-refractivity contribution in [3.63, 3.8) is 0 Å². The molecule has 0 unspecified atom stereocenters. The van der Waals surface area contributed by atoms with Crippen LogP contribution in [0.2, 0.25) is 0 Å². The Morgan fingerprint density at radius 2 is 2.25 bits per heavy atom. The average molecular weight is 189 g/mol. The first kappa shape index (κ1) is 9.12. The number of nitrogens with zero attached hydrogens (tertiary/aromatic N) is 1. The Hall–Kier alpha value is -0.970. The number of rotatable bonds is 2. The first-order chi connectivity index (χ1) is 5.58. The topological polar surface area (TPSA) is 47.0 Å². The molecule has 0 saturated carbocycles. The van der Waals surface area contributed by atoms with Gasteiger partial charge in [0, 0.05) is 6.20 Å². The number of sulfone groups is 1. The highest BCUT2D eigenvalue weighted by Gasteiger charge is 2.16. The van der Waals surface area contributed by atoms with Crippen molar-refractivity contribution in [2.45, 2.75) is 11.8 Å². The second-order valence-electron chi connectivity index (χ2n) is 2.20. The van der Waals surface area contributed by atoms with Gasteiger partial charge in [-0.05, 0) is 12.1 Å². The van der Waals surface area contributed by atoms with Crippen molar-refractivity contribution >= 4 is 9.84 Å². The SMILES string of the molecule is CCS(=O)(=O)c1cccnc1F. The summed E-state index contributed by atoms with van der Waals surface area (Å²) in [5.74, 6) is -1.05. The molecule has 0 aliphatic rings. The second-order valence-corrected chi connectivity index (χ2v) is 4.44. The minimum absolute atomic E-state index is 0.115. The average Bonchev–Trinajstić information content (AvgIpc) is 2.05. The molecule has 0 N–H and O–H groups in total. The summed E-state index contributed by atoms with van der Waals surface area (Å²) in [6, 6.07) is 2.60. The van der Waals surface area contributed by atoms with E-state index in [1.54, 1.807) is 0 Å². The molecular formula is C7H8FNO2S. The van der Waals surface area contributed by atoms with Crippen molar-refractivity contribution in [3.05, 3.63) is 24.3 Å². The zero-order valence-corrected chi connectivity index (χ0v) is 7.31. The van der Waals surface area contributed by atoms with Crippen molar-refractivity contribution in [1.82, 2.24) is 4.98 Å². The van der Waals surface area contributed by atoms with E-state index in [9.17, 15) is 12.8 Å². The zero-order valence-electron chi connectivity index (χ0n) is 6.49. The third kappa shape index (κ3) is 1.61. The van der Waals surface area contributed by atoms with Gasteiger partial charge in [0.2, 0.25) is 5.95 Å². The lowest BCUT2D eigenvalue weighted by Crippen LogP contribution is -2.06. The van der Waals surface area contributed by atoms with Gasteiger partial charge in [-0.15, -0.1) is 0 Å². The maximum Gasteiger partial charge on any atom is 0.231 e. The van der Waals surface area contributed by atoms with Crippen LogP contribution in [0.25, 0.3) is 0 Å². The van der Waals surface area contributed by atoms with E-state index in [-0.39, 0.29) is 10.6 Å². The highest BCUT2D eigenvalue weighted by molar-refractivity contribution is 7.91. The number of halogens is 1. The lowest BCUT2D eigenvalue weighted by Gasteiger charge is -1.99. The largest absolute Gasteiger partial charge is 0.231 e. The van der Waals surface area contributed by atoms with Crippen LogP contribution in [0.3, 0.4) is 0 Å². The summed E-state index contributed by atoms with van der Waals surface area (Å²) in [7, 11) is -3.47. The fourth-order valence-electron chi connectivity index (χ4n) is 0.759. The Bertz CT molecular complexity index is 375. The molecule has 0 spiro atoms. The fraction of sp³-hybridized carbons (Fsp3) is 0.286. The van der Waals surface area contributed by atoms with Crippen LogP contribution in [0.5, 0.6) is 0 Å². The molecule has 3 nitrogen and oxygen atoms in total. The summed E-state index contributed by atoms with van der Waals surface area (Å²) in [6.45, 7) is 1.46. The number of aromatic nitrogens is 1. The predicted octanol–water partition coefficient (Wildman–Crippen LogP) is 1.01. The third-order valence-corrected chi connectivity index (χ3v) is 3.17. The molecule has 0 bridgehead atoms. The molecule has 1 aromatic heterocycles. The third-order valence-electron chi connectivity index (χ3n) is 1.44. The van der Waals surface area contributed by atoms with Gasteiger partial charge in [0.05, 0.1) is 5.75 Å². The summed E-state index contributed by atoms with van der Waals surface area (Å²) in [5, 5.41) is 0. The molecule has 5 heteroatoms. The van der Waals surface area contributed by atoms with Gasteiger partial charge in [-0.3, -0.25) is 0 Å². The van der Waals surface area contributed by atoms with Gasteiger partial charge < -0.3 is 0 Å². The number of hydrogen-bond donors (Lipinski definition) is 0. The molecule has 0 atom stereocenters. The van der Waals surface area contributed by atoms with E-state index in [4.69, 9.17) is 0 Å². The van der Waals surface area contributed by atoms with Crippen LogP contribution in [-0.4, -0.2) is 19.2 Å². The van der Waals surface area contributed by atoms with Gasteiger partial charge in [-0.25, -0.2) is 13.4 Å². The monoisotopic (exact) mass is 189 g/mol. The highest BCUT2D eigenvalue weighted by Crippen LogP contribution is 2.12. The highest BCUT2D eigenvalue weighted by atomic mass is 32.2. The molecule has 0 fully saturated rings. The van der Waals surface area contributed by atoms with Crippen LogP contribution in [-0.2, 0) is 9.84 Å². The lowest BCUT2D eigenvalue weighted by molar-refractivity contribution is 0.539. The minimum Gasteiger partial charge on any atom is -0.227 e. The maximum atomic E-state index is 12.8. The molecule has 1 heterocycles. The molecule has 0 amide bonds. The Balaban J connectivity index is 3.30. The van der Waals surface area contributed by atoms with Crippen LogP contribution < -0.4 is 0 Å². The molecule has 1 aromatic rings. The first-order valence-electron chi connectivity index (χ1n) is 3.41. The zero-order chi connectivity index (χ0) is 9.19. The van der Waals surface area contributed by atoms with Gasteiger partial charge in [0.15, 0.2) is 9.84 Å². The van der Waals surface area contributed by atoms with E-state index in [2.05, 4.69) is 4.98 Å². The molecule has 0 aliphatic heterocycles. The molecule has 0 saturated heterocycles. The predicted molar refractivity (Wildman–Crippen MR) is 41.9 cm³/mol. The second kappa shape index (κ2) is 3.18. The minimum atomic E-state index is -3.47. The van der Waals surface area contributed by atoms with Gasteiger partial charge >= 0.3 is 0 Å².